The molecule has 0 amide bonds. The zero-order valence-corrected chi connectivity index (χ0v) is 9.05. The summed E-state index contributed by atoms with van der Waals surface area (Å²) in [7, 11) is 0. The van der Waals surface area contributed by atoms with Crippen molar-refractivity contribution in [1.29, 1.82) is 0 Å². The molecule has 1 aromatic rings. The molecule has 0 unspecified atom stereocenters. The van der Waals surface area contributed by atoms with Crippen LogP contribution in [-0.2, 0) is 10.3 Å². The van der Waals surface area contributed by atoms with E-state index in [1.54, 1.807) is 6.07 Å². The lowest BCUT2D eigenvalue weighted by Gasteiger charge is -2.14. The van der Waals surface area contributed by atoms with E-state index in [2.05, 4.69) is 25.8 Å². The summed E-state index contributed by atoms with van der Waals surface area (Å²) in [5.41, 5.74) is 0.354. The zero-order valence-electron chi connectivity index (χ0n) is 7.46. The summed E-state index contributed by atoms with van der Waals surface area (Å²) in [4.78, 5) is 8.27. The van der Waals surface area contributed by atoms with Crippen LogP contribution in [0.5, 0.6) is 0 Å². The van der Waals surface area contributed by atoms with Crippen molar-refractivity contribution in [1.82, 2.24) is 4.98 Å². The van der Waals surface area contributed by atoms with Crippen molar-refractivity contribution in [2.75, 3.05) is 6.61 Å². The first-order valence-electron chi connectivity index (χ1n) is 4.31. The number of hydrogen-bond donors (Lipinski definition) is 1. The van der Waals surface area contributed by atoms with Gasteiger partial charge in [-0.1, -0.05) is 0 Å². The second-order valence-corrected chi connectivity index (χ2v) is 4.50. The molecule has 0 aliphatic heterocycles. The first kappa shape index (κ1) is 10.0. The average Bonchev–Trinajstić information content (AvgIpc) is 2.91. The van der Waals surface area contributed by atoms with Crippen LogP contribution in [0.2, 0.25) is 0 Å². The van der Waals surface area contributed by atoms with Gasteiger partial charge < -0.3 is 4.84 Å². The minimum Gasteiger partial charge on any atom is -0.304 e. The largest absolute Gasteiger partial charge is 0.304 e. The molecule has 3 nitrogen and oxygen atoms in total. The molecule has 0 saturated heterocycles. The second kappa shape index (κ2) is 3.56. The molecule has 1 fully saturated rings. The maximum absolute atomic E-state index is 13.4. The Labute approximate surface area is 89.5 Å². The van der Waals surface area contributed by atoms with Crippen molar-refractivity contribution in [3.05, 3.63) is 28.2 Å². The third-order valence-corrected chi connectivity index (χ3v) is 3.02. The van der Waals surface area contributed by atoms with E-state index in [0.29, 0.717) is 12.2 Å². The number of halogens is 2. The van der Waals surface area contributed by atoms with Gasteiger partial charge in [-0.15, -0.1) is 0 Å². The second-order valence-electron chi connectivity index (χ2n) is 3.58. The maximum Gasteiger partial charge on any atom is 0.216 e. The molecule has 0 spiro atoms. The van der Waals surface area contributed by atoms with Crippen LogP contribution in [0.1, 0.15) is 18.4 Å². The van der Waals surface area contributed by atoms with Crippen molar-refractivity contribution in [2.24, 2.45) is 5.90 Å². The number of nitrogens with zero attached hydrogens (tertiary/aromatic N) is 1. The fourth-order valence-electron chi connectivity index (χ4n) is 1.60. The van der Waals surface area contributed by atoms with Gasteiger partial charge >= 0.3 is 0 Å². The van der Waals surface area contributed by atoms with Crippen molar-refractivity contribution in [2.45, 2.75) is 18.3 Å². The van der Waals surface area contributed by atoms with E-state index >= 15 is 0 Å². The number of rotatable bonds is 3. The lowest BCUT2D eigenvalue weighted by atomic mass is 9.99. The van der Waals surface area contributed by atoms with E-state index in [0.717, 1.165) is 17.3 Å². The van der Waals surface area contributed by atoms with E-state index in [1.165, 1.54) is 6.20 Å². The highest BCUT2D eigenvalue weighted by molar-refractivity contribution is 9.10. The first-order valence-corrected chi connectivity index (χ1v) is 5.10. The Kier molecular flexibility index (Phi) is 2.55. The normalized spacial score (nSPS) is 18.2. The van der Waals surface area contributed by atoms with Crippen LogP contribution in [0, 0.1) is 5.95 Å². The molecule has 76 valence electrons. The monoisotopic (exact) mass is 260 g/mol. The fraction of sp³-hybridized carbons (Fsp3) is 0.444. The van der Waals surface area contributed by atoms with Crippen LogP contribution in [0.25, 0.3) is 0 Å². The molecule has 1 aromatic heterocycles. The van der Waals surface area contributed by atoms with E-state index < -0.39 is 5.95 Å². The molecule has 2 rings (SSSR count). The summed E-state index contributed by atoms with van der Waals surface area (Å²) >= 11 is 3.27. The number of pyridine rings is 1. The molecule has 1 aliphatic rings. The van der Waals surface area contributed by atoms with Crippen LogP contribution in [0.15, 0.2) is 16.7 Å². The van der Waals surface area contributed by atoms with Crippen LogP contribution in [-0.4, -0.2) is 11.6 Å². The number of hydrogen-bond acceptors (Lipinski definition) is 3. The summed E-state index contributed by atoms with van der Waals surface area (Å²) in [6.45, 7) is 0.349. The van der Waals surface area contributed by atoms with Crippen molar-refractivity contribution in [3.8, 4) is 0 Å². The predicted molar refractivity (Wildman–Crippen MR) is 52.9 cm³/mol. The fourth-order valence-corrected chi connectivity index (χ4v) is 1.93. The number of aromatic nitrogens is 1. The standard InChI is InChI=1S/C9H10BrFN2O/c10-6-3-7(8(11)13-4-6)9(1-2-9)5-14-12/h3-4H,1-2,5,12H2. The molecule has 0 atom stereocenters. The Bertz CT molecular complexity index is 355. The Morgan fingerprint density at radius 1 is 1.64 bits per heavy atom. The van der Waals surface area contributed by atoms with Crippen molar-refractivity contribution >= 4 is 15.9 Å². The van der Waals surface area contributed by atoms with Gasteiger partial charge in [0.25, 0.3) is 0 Å². The Hall–Kier alpha value is -0.520. The minimum atomic E-state index is -0.428. The zero-order chi connectivity index (χ0) is 10.2. The molecule has 1 saturated carbocycles. The molecule has 5 heteroatoms. The smallest absolute Gasteiger partial charge is 0.216 e. The topological polar surface area (TPSA) is 48.1 Å². The molecule has 0 aromatic carbocycles. The predicted octanol–water partition coefficient (Wildman–Crippen LogP) is 1.91. The van der Waals surface area contributed by atoms with Gasteiger partial charge in [0.05, 0.1) is 6.61 Å². The Balaban J connectivity index is 2.35. The summed E-state index contributed by atoms with van der Waals surface area (Å²) in [6.07, 6.45) is 3.25. The van der Waals surface area contributed by atoms with Gasteiger partial charge in [0.15, 0.2) is 0 Å². The van der Waals surface area contributed by atoms with E-state index in [1.807, 2.05) is 0 Å². The quantitative estimate of drug-likeness (QED) is 0.667. The molecular weight excluding hydrogens is 251 g/mol. The minimum absolute atomic E-state index is 0.240. The van der Waals surface area contributed by atoms with Gasteiger partial charge in [0, 0.05) is 21.6 Å². The molecule has 14 heavy (non-hydrogen) atoms. The highest BCUT2D eigenvalue weighted by Gasteiger charge is 2.46. The molecule has 2 N–H and O–H groups in total. The van der Waals surface area contributed by atoms with E-state index in [9.17, 15) is 4.39 Å². The van der Waals surface area contributed by atoms with Gasteiger partial charge in [-0.25, -0.2) is 10.9 Å². The molecular formula is C9H10BrFN2O. The van der Waals surface area contributed by atoms with Crippen LogP contribution in [0.4, 0.5) is 4.39 Å². The molecule has 0 bridgehead atoms. The summed E-state index contributed by atoms with van der Waals surface area (Å²) in [6, 6.07) is 1.74. The van der Waals surface area contributed by atoms with E-state index in [-0.39, 0.29) is 5.41 Å². The third kappa shape index (κ3) is 1.67. The average molecular weight is 261 g/mol. The highest BCUT2D eigenvalue weighted by Crippen LogP contribution is 2.49. The SMILES string of the molecule is NOCC1(c2cc(Br)cnc2F)CC1. The van der Waals surface area contributed by atoms with Crippen LogP contribution in [0.3, 0.4) is 0 Å². The van der Waals surface area contributed by atoms with Gasteiger partial charge in [-0.05, 0) is 34.8 Å². The summed E-state index contributed by atoms with van der Waals surface area (Å²) in [5.74, 6) is 4.60. The lowest BCUT2D eigenvalue weighted by molar-refractivity contribution is 0.115. The van der Waals surface area contributed by atoms with Gasteiger partial charge in [0.2, 0.25) is 5.95 Å². The Morgan fingerprint density at radius 2 is 2.36 bits per heavy atom. The van der Waals surface area contributed by atoms with E-state index in [4.69, 9.17) is 5.90 Å². The molecule has 1 heterocycles. The maximum atomic E-state index is 13.4. The third-order valence-electron chi connectivity index (χ3n) is 2.59. The summed E-state index contributed by atoms with van der Waals surface area (Å²) in [5, 5.41) is 0. The van der Waals surface area contributed by atoms with Gasteiger partial charge in [-0.2, -0.15) is 4.39 Å². The van der Waals surface area contributed by atoms with Crippen molar-refractivity contribution in [3.63, 3.8) is 0 Å². The van der Waals surface area contributed by atoms with Crippen LogP contribution < -0.4 is 5.90 Å². The molecule has 0 radical (unpaired) electrons. The van der Waals surface area contributed by atoms with Gasteiger partial charge in [-0.3, -0.25) is 0 Å². The van der Waals surface area contributed by atoms with Crippen molar-refractivity contribution < 1.29 is 9.23 Å². The Morgan fingerprint density at radius 3 is 2.93 bits per heavy atom. The highest BCUT2D eigenvalue weighted by atomic mass is 79.9. The number of nitrogens with two attached hydrogens (primary N) is 1. The lowest BCUT2D eigenvalue weighted by Crippen LogP contribution is -2.20. The van der Waals surface area contributed by atoms with Gasteiger partial charge in [0.1, 0.15) is 0 Å². The van der Waals surface area contributed by atoms with Crippen LogP contribution >= 0.6 is 15.9 Å². The molecule has 1 aliphatic carbocycles. The first-order chi connectivity index (χ1) is 6.68. The summed E-state index contributed by atoms with van der Waals surface area (Å²) < 4.78 is 14.2.